The fourth-order valence-electron chi connectivity index (χ4n) is 2.84. The summed E-state index contributed by atoms with van der Waals surface area (Å²) in [6, 6.07) is 11.6. The van der Waals surface area contributed by atoms with E-state index in [-0.39, 0.29) is 17.8 Å². The zero-order chi connectivity index (χ0) is 19.1. The molecule has 0 aliphatic heterocycles. The molecule has 0 bridgehead atoms. The molecule has 0 aliphatic carbocycles. The molecule has 0 aromatic heterocycles. The van der Waals surface area contributed by atoms with Gasteiger partial charge in [0.05, 0.1) is 27.3 Å². The highest BCUT2D eigenvalue weighted by Gasteiger charge is 2.17. The van der Waals surface area contributed by atoms with E-state index in [4.69, 9.17) is 9.47 Å². The van der Waals surface area contributed by atoms with Crippen molar-refractivity contribution in [2.75, 3.05) is 27.8 Å². The molecule has 26 heavy (non-hydrogen) atoms. The molecule has 2 aromatic rings. The van der Waals surface area contributed by atoms with E-state index >= 15 is 0 Å². The van der Waals surface area contributed by atoms with Crippen molar-refractivity contribution < 1.29 is 23.6 Å². The molecule has 0 radical (unpaired) electrons. The van der Waals surface area contributed by atoms with Crippen molar-refractivity contribution in [2.45, 2.75) is 19.5 Å². The Kier molecular flexibility index (Phi) is 6.97. The summed E-state index contributed by atoms with van der Waals surface area (Å²) < 4.78 is 23.6. The van der Waals surface area contributed by atoms with Gasteiger partial charge < -0.3 is 19.7 Å². The van der Waals surface area contributed by atoms with Gasteiger partial charge in [0, 0.05) is 11.1 Å². The van der Waals surface area contributed by atoms with Gasteiger partial charge in [-0.3, -0.25) is 4.79 Å². The van der Waals surface area contributed by atoms with Crippen LogP contribution < -0.4 is 19.7 Å². The van der Waals surface area contributed by atoms with Gasteiger partial charge in [0.15, 0.2) is 6.54 Å². The zero-order valence-corrected chi connectivity index (χ0v) is 15.6. The molecule has 140 valence electrons. The van der Waals surface area contributed by atoms with Gasteiger partial charge in [-0.2, -0.15) is 0 Å². The molecule has 0 saturated heterocycles. The summed E-state index contributed by atoms with van der Waals surface area (Å²) in [6.45, 7) is 2.86. The summed E-state index contributed by atoms with van der Waals surface area (Å²) in [5.74, 6) is 1.08. The Morgan fingerprint density at radius 3 is 2.46 bits per heavy atom. The number of hydrogen-bond acceptors (Lipinski definition) is 3. The average molecular weight is 361 g/mol. The van der Waals surface area contributed by atoms with E-state index < -0.39 is 0 Å². The monoisotopic (exact) mass is 361 g/mol. The van der Waals surface area contributed by atoms with Gasteiger partial charge in [-0.1, -0.05) is 12.1 Å². The van der Waals surface area contributed by atoms with Crippen LogP contribution in [0.3, 0.4) is 0 Å². The van der Waals surface area contributed by atoms with E-state index in [1.807, 2.05) is 32.2 Å². The zero-order valence-electron chi connectivity index (χ0n) is 15.6. The number of hydrogen-bond donors (Lipinski definition) is 2. The summed E-state index contributed by atoms with van der Waals surface area (Å²) in [5.41, 5.74) is 1.84. The molecule has 2 rings (SSSR count). The predicted molar refractivity (Wildman–Crippen MR) is 98.0 cm³/mol. The number of rotatable bonds is 8. The lowest BCUT2D eigenvalue weighted by Gasteiger charge is -2.19. The molecule has 2 aromatic carbocycles. The summed E-state index contributed by atoms with van der Waals surface area (Å²) in [4.78, 5) is 13.4. The number of likely N-dealkylation sites (N-methyl/N-ethyl adjacent to an activating group) is 1. The van der Waals surface area contributed by atoms with Crippen molar-refractivity contribution in [1.82, 2.24) is 5.32 Å². The third-order valence-electron chi connectivity index (χ3n) is 4.16. The number of carbonyl (C=O) groups excluding carboxylic acids is 1. The van der Waals surface area contributed by atoms with Crippen molar-refractivity contribution in [2.24, 2.45) is 0 Å². The topological polar surface area (TPSA) is 52.0 Å². The Labute approximate surface area is 153 Å². The Morgan fingerprint density at radius 1 is 1.15 bits per heavy atom. The van der Waals surface area contributed by atoms with E-state index in [9.17, 15) is 9.18 Å². The Balaban J connectivity index is 1.95. The number of halogens is 1. The van der Waals surface area contributed by atoms with Gasteiger partial charge in [0.2, 0.25) is 0 Å². The molecule has 0 fully saturated rings. The Hall–Kier alpha value is -2.60. The van der Waals surface area contributed by atoms with Crippen LogP contribution in [0.25, 0.3) is 0 Å². The molecule has 2 atom stereocenters. The van der Waals surface area contributed by atoms with E-state index in [1.54, 1.807) is 26.4 Å². The maximum Gasteiger partial charge on any atom is 0.275 e. The smallest absolute Gasteiger partial charge is 0.275 e. The lowest BCUT2D eigenvalue weighted by atomic mass is 10.1. The van der Waals surface area contributed by atoms with Crippen LogP contribution in [0.1, 0.15) is 24.1 Å². The van der Waals surface area contributed by atoms with Crippen molar-refractivity contribution in [3.05, 3.63) is 59.4 Å². The van der Waals surface area contributed by atoms with Crippen LogP contribution in [0.2, 0.25) is 0 Å². The molecular formula is C20H26FN2O3+. The fourth-order valence-corrected chi connectivity index (χ4v) is 2.84. The molecule has 5 nitrogen and oxygen atoms in total. The van der Waals surface area contributed by atoms with Crippen LogP contribution in [0.15, 0.2) is 42.5 Å². The number of benzene rings is 2. The maximum absolute atomic E-state index is 13.0. The van der Waals surface area contributed by atoms with Crippen LogP contribution in [0.5, 0.6) is 11.5 Å². The summed E-state index contributed by atoms with van der Waals surface area (Å²) in [7, 11) is 5.13. The van der Waals surface area contributed by atoms with Crippen LogP contribution in [-0.2, 0) is 11.3 Å². The fraction of sp³-hybridized carbons (Fsp3) is 0.350. The highest BCUT2D eigenvalue weighted by molar-refractivity contribution is 5.77. The SMILES string of the molecule is COc1ccc(OC)c([C@H](C)NC(=O)C[NH+](C)Cc2ccc(F)cc2)c1. The number of quaternary nitrogens is 1. The standard InChI is InChI=1S/C20H25FN2O3/c1-14(18-11-17(25-3)9-10-19(18)26-4)22-20(24)13-23(2)12-15-5-7-16(21)8-6-15/h5-11,14H,12-13H2,1-4H3,(H,22,24)/p+1/t14-/m0/s1. The van der Waals surface area contributed by atoms with Crippen molar-refractivity contribution in [1.29, 1.82) is 0 Å². The molecule has 0 heterocycles. The lowest BCUT2D eigenvalue weighted by Crippen LogP contribution is -3.08. The van der Waals surface area contributed by atoms with Crippen molar-refractivity contribution in [3.8, 4) is 11.5 Å². The second kappa shape index (κ2) is 9.20. The first-order chi connectivity index (χ1) is 12.4. The highest BCUT2D eigenvalue weighted by atomic mass is 19.1. The largest absolute Gasteiger partial charge is 0.497 e. The third-order valence-corrected chi connectivity index (χ3v) is 4.16. The van der Waals surface area contributed by atoms with Gasteiger partial charge in [-0.15, -0.1) is 0 Å². The maximum atomic E-state index is 13.0. The summed E-state index contributed by atoms with van der Waals surface area (Å²) in [5, 5.41) is 2.99. The van der Waals surface area contributed by atoms with Crippen LogP contribution in [-0.4, -0.2) is 33.7 Å². The quantitative estimate of drug-likeness (QED) is 0.753. The van der Waals surface area contributed by atoms with Gasteiger partial charge in [-0.25, -0.2) is 4.39 Å². The van der Waals surface area contributed by atoms with Gasteiger partial charge in [-0.05, 0) is 37.3 Å². The molecule has 0 saturated carbocycles. The van der Waals surface area contributed by atoms with E-state index in [2.05, 4.69) is 5.32 Å². The summed E-state index contributed by atoms with van der Waals surface area (Å²) in [6.07, 6.45) is 0. The van der Waals surface area contributed by atoms with Crippen LogP contribution in [0, 0.1) is 5.82 Å². The molecule has 1 amide bonds. The Bertz CT molecular complexity index is 734. The average Bonchev–Trinajstić information content (AvgIpc) is 2.62. The minimum absolute atomic E-state index is 0.0676. The van der Waals surface area contributed by atoms with Crippen molar-refractivity contribution in [3.63, 3.8) is 0 Å². The van der Waals surface area contributed by atoms with Crippen molar-refractivity contribution >= 4 is 5.91 Å². The summed E-state index contributed by atoms with van der Waals surface area (Å²) >= 11 is 0. The highest BCUT2D eigenvalue weighted by Crippen LogP contribution is 2.29. The van der Waals surface area contributed by atoms with Crippen LogP contribution >= 0.6 is 0 Å². The number of methoxy groups -OCH3 is 2. The number of nitrogens with one attached hydrogen (secondary N) is 2. The minimum Gasteiger partial charge on any atom is -0.497 e. The van der Waals surface area contributed by atoms with Gasteiger partial charge >= 0.3 is 0 Å². The molecule has 6 heteroatoms. The molecular weight excluding hydrogens is 335 g/mol. The second-order valence-corrected chi connectivity index (χ2v) is 6.33. The number of ether oxygens (including phenoxy) is 2. The predicted octanol–water partition coefficient (Wildman–Crippen LogP) is 1.73. The molecule has 0 aliphatic rings. The molecule has 2 N–H and O–H groups in total. The molecule has 0 spiro atoms. The number of carbonyl (C=O) groups is 1. The first-order valence-electron chi connectivity index (χ1n) is 8.50. The van der Waals surface area contributed by atoms with E-state index in [0.29, 0.717) is 24.6 Å². The first-order valence-corrected chi connectivity index (χ1v) is 8.50. The van der Waals surface area contributed by atoms with Crippen LogP contribution in [0.4, 0.5) is 4.39 Å². The normalized spacial score (nSPS) is 13.0. The number of amides is 1. The van der Waals surface area contributed by atoms with E-state index in [1.165, 1.54) is 12.1 Å². The van der Waals surface area contributed by atoms with E-state index in [0.717, 1.165) is 16.0 Å². The Morgan fingerprint density at radius 2 is 1.85 bits per heavy atom. The second-order valence-electron chi connectivity index (χ2n) is 6.33. The van der Waals surface area contributed by atoms with Gasteiger partial charge in [0.25, 0.3) is 5.91 Å². The van der Waals surface area contributed by atoms with Gasteiger partial charge in [0.1, 0.15) is 23.9 Å². The minimum atomic E-state index is -0.259. The third kappa shape index (κ3) is 5.46. The molecule has 1 unspecified atom stereocenters. The lowest BCUT2D eigenvalue weighted by molar-refractivity contribution is -0.885. The first kappa shape index (κ1) is 19.7.